The van der Waals surface area contributed by atoms with Crippen molar-refractivity contribution in [2.45, 2.75) is 31.8 Å². The molecule has 31 heavy (non-hydrogen) atoms. The summed E-state index contributed by atoms with van der Waals surface area (Å²) in [6.07, 6.45) is 0.993. The second-order valence-electron chi connectivity index (χ2n) is 7.70. The minimum atomic E-state index is -0.964. The quantitative estimate of drug-likeness (QED) is 0.586. The maximum atomic E-state index is 13.1. The molecule has 0 bridgehead atoms. The summed E-state index contributed by atoms with van der Waals surface area (Å²) in [4.78, 5) is 50.6. The second-order valence-corrected chi connectivity index (χ2v) is 7.70. The standard InChI is InChI=1S/C23H24N4O4/c1-24-13-15-7-5-14(6-8-15)11-12-25-17-4-2-3-16-20(17)23(31)27(22(16)30)18-9-10-19(28)26-21(18)29/h2-8,18,24-25H,9-13H2,1H3,(H,26,28,29). The Balaban J connectivity index is 1.47. The molecule has 0 spiro atoms. The van der Waals surface area contributed by atoms with Crippen molar-refractivity contribution in [3.05, 3.63) is 64.7 Å². The number of carbonyl (C=O) groups is 4. The molecule has 1 fully saturated rings. The topological polar surface area (TPSA) is 108 Å². The van der Waals surface area contributed by atoms with Crippen molar-refractivity contribution in [2.24, 2.45) is 0 Å². The van der Waals surface area contributed by atoms with Crippen molar-refractivity contribution < 1.29 is 19.2 Å². The number of anilines is 1. The van der Waals surface area contributed by atoms with Gasteiger partial charge < -0.3 is 10.6 Å². The number of nitrogens with zero attached hydrogens (tertiary/aromatic N) is 1. The highest BCUT2D eigenvalue weighted by Crippen LogP contribution is 2.32. The molecule has 3 N–H and O–H groups in total. The molecule has 2 heterocycles. The van der Waals surface area contributed by atoms with Gasteiger partial charge in [-0.2, -0.15) is 0 Å². The van der Waals surface area contributed by atoms with E-state index in [-0.39, 0.29) is 29.9 Å². The number of hydrogen-bond donors (Lipinski definition) is 3. The Kier molecular flexibility index (Phi) is 5.81. The summed E-state index contributed by atoms with van der Waals surface area (Å²) in [5.41, 5.74) is 3.49. The van der Waals surface area contributed by atoms with Crippen LogP contribution in [-0.4, -0.2) is 48.2 Å². The first-order valence-corrected chi connectivity index (χ1v) is 10.3. The predicted octanol–water partition coefficient (Wildman–Crippen LogP) is 1.46. The Morgan fingerprint density at radius 1 is 1.00 bits per heavy atom. The summed E-state index contributed by atoms with van der Waals surface area (Å²) in [5, 5.41) is 8.58. The molecule has 4 rings (SSSR count). The van der Waals surface area contributed by atoms with Gasteiger partial charge in [-0.15, -0.1) is 0 Å². The van der Waals surface area contributed by atoms with E-state index in [4.69, 9.17) is 0 Å². The van der Waals surface area contributed by atoms with Crippen LogP contribution in [0.15, 0.2) is 42.5 Å². The van der Waals surface area contributed by atoms with E-state index in [1.54, 1.807) is 18.2 Å². The lowest BCUT2D eigenvalue weighted by molar-refractivity contribution is -0.136. The van der Waals surface area contributed by atoms with Crippen molar-refractivity contribution in [1.82, 2.24) is 15.5 Å². The van der Waals surface area contributed by atoms with Gasteiger partial charge in [0.1, 0.15) is 6.04 Å². The van der Waals surface area contributed by atoms with Crippen LogP contribution in [0.2, 0.25) is 0 Å². The zero-order valence-electron chi connectivity index (χ0n) is 17.2. The zero-order chi connectivity index (χ0) is 22.0. The maximum absolute atomic E-state index is 13.1. The van der Waals surface area contributed by atoms with Crippen LogP contribution in [0.1, 0.15) is 44.7 Å². The van der Waals surface area contributed by atoms with Crippen LogP contribution in [0.3, 0.4) is 0 Å². The Morgan fingerprint density at radius 2 is 1.74 bits per heavy atom. The maximum Gasteiger partial charge on any atom is 0.264 e. The fourth-order valence-corrected chi connectivity index (χ4v) is 4.03. The summed E-state index contributed by atoms with van der Waals surface area (Å²) in [6.45, 7) is 1.40. The molecular formula is C23H24N4O4. The number of carbonyl (C=O) groups excluding carboxylic acids is 4. The van der Waals surface area contributed by atoms with Crippen LogP contribution in [0.25, 0.3) is 0 Å². The molecule has 0 aromatic heterocycles. The highest BCUT2D eigenvalue weighted by atomic mass is 16.2. The van der Waals surface area contributed by atoms with E-state index in [1.807, 2.05) is 7.05 Å². The fraction of sp³-hybridized carbons (Fsp3) is 0.304. The van der Waals surface area contributed by atoms with Gasteiger partial charge in [0.2, 0.25) is 11.8 Å². The number of nitrogens with one attached hydrogen (secondary N) is 3. The molecule has 1 saturated heterocycles. The van der Waals surface area contributed by atoms with Crippen LogP contribution in [0.4, 0.5) is 5.69 Å². The Bertz CT molecular complexity index is 1050. The molecule has 0 aliphatic carbocycles. The molecular weight excluding hydrogens is 396 g/mol. The van der Waals surface area contributed by atoms with Gasteiger partial charge in [-0.1, -0.05) is 30.3 Å². The van der Waals surface area contributed by atoms with Gasteiger partial charge in [0.25, 0.3) is 11.8 Å². The van der Waals surface area contributed by atoms with Gasteiger partial charge in [0, 0.05) is 25.2 Å². The van der Waals surface area contributed by atoms with E-state index >= 15 is 0 Å². The lowest BCUT2D eigenvalue weighted by Gasteiger charge is -2.27. The number of piperidine rings is 1. The third-order valence-corrected chi connectivity index (χ3v) is 5.60. The van der Waals surface area contributed by atoms with E-state index in [0.29, 0.717) is 12.2 Å². The van der Waals surface area contributed by atoms with Crippen LogP contribution in [0.5, 0.6) is 0 Å². The monoisotopic (exact) mass is 420 g/mol. The van der Waals surface area contributed by atoms with Gasteiger partial charge >= 0.3 is 0 Å². The van der Waals surface area contributed by atoms with E-state index in [0.717, 1.165) is 23.4 Å². The van der Waals surface area contributed by atoms with E-state index in [9.17, 15) is 19.2 Å². The van der Waals surface area contributed by atoms with E-state index in [2.05, 4.69) is 40.2 Å². The number of amides is 4. The first kappa shape index (κ1) is 20.7. The zero-order valence-corrected chi connectivity index (χ0v) is 17.2. The normalized spacial score (nSPS) is 18.2. The van der Waals surface area contributed by atoms with Crippen LogP contribution in [-0.2, 0) is 22.6 Å². The fourth-order valence-electron chi connectivity index (χ4n) is 4.03. The van der Waals surface area contributed by atoms with Crippen LogP contribution < -0.4 is 16.0 Å². The molecule has 1 unspecified atom stereocenters. The molecule has 4 amide bonds. The second kappa shape index (κ2) is 8.69. The number of fused-ring (bicyclic) bond motifs is 1. The molecule has 8 nitrogen and oxygen atoms in total. The van der Waals surface area contributed by atoms with E-state index < -0.39 is 23.8 Å². The van der Waals surface area contributed by atoms with Gasteiger partial charge in [0.15, 0.2) is 0 Å². The highest BCUT2D eigenvalue weighted by Gasteiger charge is 2.45. The molecule has 2 aliphatic rings. The molecule has 0 radical (unpaired) electrons. The van der Waals surface area contributed by atoms with Gasteiger partial charge in [-0.25, -0.2) is 0 Å². The summed E-state index contributed by atoms with van der Waals surface area (Å²) >= 11 is 0. The number of imide groups is 2. The van der Waals surface area contributed by atoms with E-state index in [1.165, 1.54) is 5.56 Å². The number of benzene rings is 2. The Morgan fingerprint density at radius 3 is 2.45 bits per heavy atom. The SMILES string of the molecule is CNCc1ccc(CCNc2cccc3c2C(=O)N(C2CCC(=O)NC2=O)C3=O)cc1. The summed E-state index contributed by atoms with van der Waals surface area (Å²) in [5.74, 6) is -2.01. The molecule has 2 aliphatic heterocycles. The van der Waals surface area contributed by atoms with Crippen molar-refractivity contribution in [3.63, 3.8) is 0 Å². The molecule has 2 aromatic rings. The number of rotatable bonds is 7. The van der Waals surface area contributed by atoms with Crippen molar-refractivity contribution in [1.29, 1.82) is 0 Å². The van der Waals surface area contributed by atoms with Crippen molar-refractivity contribution in [2.75, 3.05) is 18.9 Å². The minimum Gasteiger partial charge on any atom is -0.384 e. The average Bonchev–Trinajstić information content (AvgIpc) is 3.01. The smallest absolute Gasteiger partial charge is 0.264 e. The number of hydrogen-bond acceptors (Lipinski definition) is 6. The molecule has 1 atom stereocenters. The third kappa shape index (κ3) is 4.06. The highest BCUT2D eigenvalue weighted by molar-refractivity contribution is 6.25. The molecule has 8 heteroatoms. The lowest BCUT2D eigenvalue weighted by atomic mass is 10.0. The molecule has 0 saturated carbocycles. The molecule has 2 aromatic carbocycles. The summed E-state index contributed by atoms with van der Waals surface area (Å²) < 4.78 is 0. The largest absolute Gasteiger partial charge is 0.384 e. The van der Waals surface area contributed by atoms with Crippen molar-refractivity contribution in [3.8, 4) is 0 Å². The summed E-state index contributed by atoms with van der Waals surface area (Å²) in [7, 11) is 1.91. The Hall–Kier alpha value is -3.52. The molecule has 160 valence electrons. The summed E-state index contributed by atoms with van der Waals surface area (Å²) in [6, 6.07) is 12.4. The van der Waals surface area contributed by atoms with Crippen LogP contribution >= 0.6 is 0 Å². The third-order valence-electron chi connectivity index (χ3n) is 5.60. The first-order valence-electron chi connectivity index (χ1n) is 10.3. The Labute approximate surface area is 180 Å². The first-order chi connectivity index (χ1) is 15.0. The average molecular weight is 420 g/mol. The lowest BCUT2D eigenvalue weighted by Crippen LogP contribution is -2.54. The minimum absolute atomic E-state index is 0.0992. The predicted molar refractivity (Wildman–Crippen MR) is 115 cm³/mol. The van der Waals surface area contributed by atoms with Gasteiger partial charge in [0.05, 0.1) is 11.1 Å². The van der Waals surface area contributed by atoms with Gasteiger partial charge in [-0.05, 0) is 43.1 Å². The van der Waals surface area contributed by atoms with Gasteiger partial charge in [-0.3, -0.25) is 29.4 Å². The van der Waals surface area contributed by atoms with Crippen LogP contribution in [0, 0.1) is 0 Å². The van der Waals surface area contributed by atoms with Crippen molar-refractivity contribution >= 4 is 29.3 Å².